The molecule has 1 aliphatic rings. The first-order valence-electron chi connectivity index (χ1n) is 6.46. The average molecular weight is 281 g/mol. The highest BCUT2D eigenvalue weighted by Gasteiger charge is 2.17. The number of rotatable bonds is 3. The van der Waals surface area contributed by atoms with Crippen molar-refractivity contribution < 1.29 is 9.64 Å². The summed E-state index contributed by atoms with van der Waals surface area (Å²) in [6.45, 7) is 4.26. The smallest absolute Gasteiger partial charge is 0.185 e. The van der Waals surface area contributed by atoms with Crippen LogP contribution in [0.5, 0.6) is 5.75 Å². The van der Waals surface area contributed by atoms with Crippen molar-refractivity contribution in [3.05, 3.63) is 24.3 Å². The molecule has 0 saturated carbocycles. The molecule has 1 aromatic rings. The van der Waals surface area contributed by atoms with Gasteiger partial charge in [-0.1, -0.05) is 12.1 Å². The summed E-state index contributed by atoms with van der Waals surface area (Å²) in [5.74, 6) is 0.787. The molecular formula is C13H21N4OS+. The quantitative estimate of drug-likeness (QED) is 0.665. The van der Waals surface area contributed by atoms with E-state index in [1.165, 1.54) is 0 Å². The van der Waals surface area contributed by atoms with Gasteiger partial charge in [-0.05, 0) is 24.4 Å². The number of para-hydroxylation sites is 2. The molecule has 1 saturated heterocycles. The van der Waals surface area contributed by atoms with Gasteiger partial charge in [0.1, 0.15) is 5.75 Å². The number of nitrogens with zero attached hydrogens (tertiary/aromatic N) is 1. The number of benzene rings is 1. The first-order chi connectivity index (χ1) is 9.19. The van der Waals surface area contributed by atoms with Crippen molar-refractivity contribution >= 4 is 23.0 Å². The summed E-state index contributed by atoms with van der Waals surface area (Å²) in [5.41, 5.74) is 4.10. The maximum absolute atomic E-state index is 5.33. The van der Waals surface area contributed by atoms with Gasteiger partial charge in [-0.2, -0.15) is 0 Å². The van der Waals surface area contributed by atoms with Gasteiger partial charge in [0.2, 0.25) is 0 Å². The van der Waals surface area contributed by atoms with E-state index in [4.69, 9.17) is 17.0 Å². The van der Waals surface area contributed by atoms with Gasteiger partial charge in [0.05, 0.1) is 46.0 Å². The molecule has 0 bridgehead atoms. The second-order valence-corrected chi connectivity index (χ2v) is 5.12. The standard InChI is InChI=1S/C13H20N4OS/c1-16-7-9-17(10-8-16)15-13(19)14-11-5-3-4-6-12(11)18-2/h3-6H,7-10H2,1-2H3,(H2,14,15,19)/p+1. The highest BCUT2D eigenvalue weighted by molar-refractivity contribution is 7.80. The van der Waals surface area contributed by atoms with Crippen LogP contribution >= 0.6 is 12.2 Å². The van der Waals surface area contributed by atoms with Crippen molar-refractivity contribution in [3.8, 4) is 5.75 Å². The summed E-state index contributed by atoms with van der Waals surface area (Å²) >= 11 is 5.33. The molecule has 0 amide bonds. The van der Waals surface area contributed by atoms with Crippen LogP contribution in [0.2, 0.25) is 0 Å². The highest BCUT2D eigenvalue weighted by atomic mass is 32.1. The van der Waals surface area contributed by atoms with E-state index in [-0.39, 0.29) is 0 Å². The fourth-order valence-electron chi connectivity index (χ4n) is 2.04. The minimum Gasteiger partial charge on any atom is -0.495 e. The third-order valence-electron chi connectivity index (χ3n) is 3.23. The largest absolute Gasteiger partial charge is 0.495 e. The molecule has 104 valence electrons. The molecule has 19 heavy (non-hydrogen) atoms. The fourth-order valence-corrected chi connectivity index (χ4v) is 2.28. The number of thiocarbonyl (C=S) groups is 1. The molecule has 0 spiro atoms. The zero-order valence-corrected chi connectivity index (χ0v) is 12.2. The van der Waals surface area contributed by atoms with Crippen molar-refractivity contribution in [3.63, 3.8) is 0 Å². The number of quaternary nitrogens is 1. The third kappa shape index (κ3) is 4.05. The first-order valence-corrected chi connectivity index (χ1v) is 6.87. The molecule has 1 fully saturated rings. The molecule has 1 aliphatic heterocycles. The van der Waals surface area contributed by atoms with Gasteiger partial charge in [0.25, 0.3) is 0 Å². The monoisotopic (exact) mass is 281 g/mol. The molecule has 2 rings (SSSR count). The van der Waals surface area contributed by atoms with Crippen molar-refractivity contribution in [2.24, 2.45) is 0 Å². The molecule has 1 heterocycles. The Morgan fingerprint density at radius 2 is 2.00 bits per heavy atom. The highest BCUT2D eigenvalue weighted by Crippen LogP contribution is 2.22. The predicted molar refractivity (Wildman–Crippen MR) is 80.5 cm³/mol. The number of piperazine rings is 1. The normalized spacial score (nSPS) is 16.9. The molecule has 3 N–H and O–H groups in total. The molecule has 5 nitrogen and oxygen atoms in total. The second-order valence-electron chi connectivity index (χ2n) is 4.71. The van der Waals surface area contributed by atoms with Gasteiger partial charge >= 0.3 is 0 Å². The Morgan fingerprint density at radius 3 is 2.68 bits per heavy atom. The molecule has 0 aliphatic carbocycles. The number of anilines is 1. The Kier molecular flexibility index (Phi) is 4.95. The second kappa shape index (κ2) is 6.70. The lowest BCUT2D eigenvalue weighted by atomic mass is 10.3. The number of hydrogen-bond acceptors (Lipinski definition) is 3. The lowest BCUT2D eigenvalue weighted by molar-refractivity contribution is -0.884. The van der Waals surface area contributed by atoms with Crippen molar-refractivity contribution in [2.45, 2.75) is 0 Å². The van der Waals surface area contributed by atoms with Gasteiger partial charge < -0.3 is 15.0 Å². The maximum Gasteiger partial charge on any atom is 0.185 e. The fraction of sp³-hybridized carbons (Fsp3) is 0.462. The van der Waals surface area contributed by atoms with Crippen molar-refractivity contribution in [2.75, 3.05) is 45.7 Å². The van der Waals surface area contributed by atoms with E-state index in [0.29, 0.717) is 5.11 Å². The van der Waals surface area contributed by atoms with Crippen LogP contribution in [0.15, 0.2) is 24.3 Å². The van der Waals surface area contributed by atoms with Crippen LogP contribution in [0.3, 0.4) is 0 Å². The Morgan fingerprint density at radius 1 is 1.32 bits per heavy atom. The topological polar surface area (TPSA) is 41.0 Å². The van der Waals surface area contributed by atoms with Crippen LogP contribution < -0.4 is 20.4 Å². The summed E-state index contributed by atoms with van der Waals surface area (Å²) < 4.78 is 5.28. The Hall–Kier alpha value is -1.37. The van der Waals surface area contributed by atoms with Crippen molar-refractivity contribution in [1.29, 1.82) is 0 Å². The molecule has 0 aromatic heterocycles. The molecule has 0 atom stereocenters. The zero-order chi connectivity index (χ0) is 13.7. The minimum absolute atomic E-state index is 0.601. The number of ether oxygens (including phenoxy) is 1. The van der Waals surface area contributed by atoms with E-state index in [9.17, 15) is 0 Å². The number of nitrogens with one attached hydrogen (secondary N) is 3. The number of hydrogen-bond donors (Lipinski definition) is 3. The maximum atomic E-state index is 5.33. The summed E-state index contributed by atoms with van der Waals surface area (Å²) in [6.07, 6.45) is 0. The molecule has 1 aromatic carbocycles. The average Bonchev–Trinajstić information content (AvgIpc) is 2.42. The van der Waals surface area contributed by atoms with Gasteiger partial charge in [-0.15, -0.1) is 0 Å². The van der Waals surface area contributed by atoms with Crippen LogP contribution in [0.1, 0.15) is 0 Å². The van der Waals surface area contributed by atoms with Crippen LogP contribution in [0, 0.1) is 0 Å². The summed E-state index contributed by atoms with van der Waals surface area (Å²) in [7, 11) is 3.86. The third-order valence-corrected chi connectivity index (χ3v) is 3.43. The molecular weight excluding hydrogens is 260 g/mol. The summed E-state index contributed by atoms with van der Waals surface area (Å²) in [4.78, 5) is 1.56. The Balaban J connectivity index is 1.87. The van der Waals surface area contributed by atoms with E-state index in [2.05, 4.69) is 22.8 Å². The van der Waals surface area contributed by atoms with E-state index in [1.807, 2.05) is 24.3 Å². The zero-order valence-electron chi connectivity index (χ0n) is 11.4. The number of hydrazine groups is 1. The Labute approximate surface area is 119 Å². The number of methoxy groups -OCH3 is 1. The minimum atomic E-state index is 0.601. The van der Waals surface area contributed by atoms with E-state index >= 15 is 0 Å². The van der Waals surface area contributed by atoms with Gasteiger partial charge in [0.15, 0.2) is 5.11 Å². The van der Waals surface area contributed by atoms with Gasteiger partial charge in [0, 0.05) is 0 Å². The SMILES string of the molecule is COc1ccccc1NC(=S)NN1CC[NH+](C)CC1. The van der Waals surface area contributed by atoms with E-state index in [0.717, 1.165) is 37.6 Å². The number of likely N-dealkylation sites (N-methyl/N-ethyl adjacent to an activating group) is 1. The van der Waals surface area contributed by atoms with Gasteiger partial charge in [-0.3, -0.25) is 5.43 Å². The lowest BCUT2D eigenvalue weighted by Gasteiger charge is -2.31. The van der Waals surface area contributed by atoms with Crippen LogP contribution in [0.4, 0.5) is 5.69 Å². The molecule has 0 radical (unpaired) electrons. The summed E-state index contributed by atoms with van der Waals surface area (Å²) in [6, 6.07) is 7.74. The predicted octanol–water partition coefficient (Wildman–Crippen LogP) is -0.273. The van der Waals surface area contributed by atoms with Crippen LogP contribution in [0.25, 0.3) is 0 Å². The van der Waals surface area contributed by atoms with E-state index < -0.39 is 0 Å². The molecule has 0 unspecified atom stereocenters. The van der Waals surface area contributed by atoms with Crippen LogP contribution in [-0.2, 0) is 0 Å². The Bertz CT molecular complexity index is 432. The lowest BCUT2D eigenvalue weighted by Crippen LogP contribution is -3.12. The summed E-state index contributed by atoms with van der Waals surface area (Å²) in [5, 5.41) is 5.92. The van der Waals surface area contributed by atoms with E-state index in [1.54, 1.807) is 12.0 Å². The van der Waals surface area contributed by atoms with Gasteiger partial charge in [-0.25, -0.2) is 5.01 Å². The van der Waals surface area contributed by atoms with Crippen LogP contribution in [-0.4, -0.2) is 50.5 Å². The molecule has 6 heteroatoms. The van der Waals surface area contributed by atoms with Crippen molar-refractivity contribution in [1.82, 2.24) is 10.4 Å². The first kappa shape index (κ1) is 14.0.